The Morgan fingerprint density at radius 3 is 2.71 bits per heavy atom. The zero-order valence-electron chi connectivity index (χ0n) is 7.83. The SMILES string of the molecule is COc1cc(C2OCCO2)ccc1Br. The smallest absolute Gasteiger partial charge is 0.184 e. The first-order valence-corrected chi connectivity index (χ1v) is 5.17. The second-order valence-corrected chi connectivity index (χ2v) is 3.82. The molecule has 1 aromatic carbocycles. The molecule has 0 N–H and O–H groups in total. The van der Waals surface area contributed by atoms with Crippen LogP contribution < -0.4 is 4.74 Å². The second kappa shape index (κ2) is 4.29. The predicted molar refractivity (Wildman–Crippen MR) is 55.3 cm³/mol. The number of hydrogen-bond donors (Lipinski definition) is 0. The van der Waals surface area contributed by atoms with Gasteiger partial charge < -0.3 is 14.2 Å². The third-order valence-electron chi connectivity index (χ3n) is 2.07. The highest BCUT2D eigenvalue weighted by molar-refractivity contribution is 9.10. The summed E-state index contributed by atoms with van der Waals surface area (Å²) < 4.78 is 16.9. The zero-order chi connectivity index (χ0) is 9.97. The van der Waals surface area contributed by atoms with Gasteiger partial charge in [-0.15, -0.1) is 0 Å². The monoisotopic (exact) mass is 258 g/mol. The van der Waals surface area contributed by atoms with Gasteiger partial charge in [0.25, 0.3) is 0 Å². The normalized spacial score (nSPS) is 17.3. The molecule has 1 heterocycles. The Morgan fingerprint density at radius 1 is 1.36 bits per heavy atom. The van der Waals surface area contributed by atoms with Gasteiger partial charge in [-0.1, -0.05) is 6.07 Å². The van der Waals surface area contributed by atoms with Crippen molar-refractivity contribution in [2.45, 2.75) is 6.29 Å². The minimum atomic E-state index is -0.239. The first-order valence-electron chi connectivity index (χ1n) is 4.38. The molecular formula is C10H11BrO3. The molecule has 76 valence electrons. The van der Waals surface area contributed by atoms with Crippen LogP contribution in [0.5, 0.6) is 5.75 Å². The predicted octanol–water partition coefficient (Wildman–Crippen LogP) is 2.50. The molecule has 0 radical (unpaired) electrons. The molecule has 0 saturated carbocycles. The Bertz CT molecular complexity index is 321. The van der Waals surface area contributed by atoms with E-state index in [1.807, 2.05) is 18.2 Å². The van der Waals surface area contributed by atoms with Gasteiger partial charge in [0, 0.05) is 5.56 Å². The van der Waals surface area contributed by atoms with E-state index in [4.69, 9.17) is 14.2 Å². The second-order valence-electron chi connectivity index (χ2n) is 2.97. The van der Waals surface area contributed by atoms with Gasteiger partial charge in [0.05, 0.1) is 24.8 Å². The summed E-state index contributed by atoms with van der Waals surface area (Å²) in [6.07, 6.45) is -0.239. The molecule has 0 amide bonds. The van der Waals surface area contributed by atoms with Crippen LogP contribution in [-0.4, -0.2) is 20.3 Å². The lowest BCUT2D eigenvalue weighted by molar-refractivity contribution is -0.0442. The van der Waals surface area contributed by atoms with Gasteiger partial charge in [0.15, 0.2) is 6.29 Å². The van der Waals surface area contributed by atoms with Crippen molar-refractivity contribution in [3.05, 3.63) is 28.2 Å². The van der Waals surface area contributed by atoms with Crippen molar-refractivity contribution in [2.24, 2.45) is 0 Å². The highest BCUT2D eigenvalue weighted by Crippen LogP contribution is 2.31. The molecule has 1 aliphatic rings. The molecule has 0 atom stereocenters. The Balaban J connectivity index is 2.25. The third kappa shape index (κ3) is 1.92. The molecule has 1 fully saturated rings. The summed E-state index contributed by atoms with van der Waals surface area (Å²) in [4.78, 5) is 0. The van der Waals surface area contributed by atoms with Gasteiger partial charge in [-0.3, -0.25) is 0 Å². The fourth-order valence-corrected chi connectivity index (χ4v) is 1.78. The molecule has 1 aromatic rings. The van der Waals surface area contributed by atoms with Crippen LogP contribution in [0.15, 0.2) is 22.7 Å². The first kappa shape index (κ1) is 9.96. The lowest BCUT2D eigenvalue weighted by atomic mass is 10.2. The lowest BCUT2D eigenvalue weighted by Gasteiger charge is -2.11. The molecule has 2 rings (SSSR count). The van der Waals surface area contributed by atoms with Gasteiger partial charge in [-0.05, 0) is 28.1 Å². The topological polar surface area (TPSA) is 27.7 Å². The minimum absolute atomic E-state index is 0.239. The first-order chi connectivity index (χ1) is 6.81. The van der Waals surface area contributed by atoms with Crippen LogP contribution in [0.25, 0.3) is 0 Å². The van der Waals surface area contributed by atoms with Crippen molar-refractivity contribution in [1.82, 2.24) is 0 Å². The lowest BCUT2D eigenvalue weighted by Crippen LogP contribution is -1.98. The molecule has 14 heavy (non-hydrogen) atoms. The van der Waals surface area contributed by atoms with Gasteiger partial charge >= 0.3 is 0 Å². The molecule has 4 heteroatoms. The molecule has 1 saturated heterocycles. The highest BCUT2D eigenvalue weighted by Gasteiger charge is 2.19. The maximum atomic E-state index is 5.39. The van der Waals surface area contributed by atoms with E-state index in [1.54, 1.807) is 7.11 Å². The van der Waals surface area contributed by atoms with E-state index in [1.165, 1.54) is 0 Å². The summed E-state index contributed by atoms with van der Waals surface area (Å²) in [5, 5.41) is 0. The van der Waals surface area contributed by atoms with Crippen LogP contribution in [0, 0.1) is 0 Å². The van der Waals surface area contributed by atoms with Crippen molar-refractivity contribution in [3.63, 3.8) is 0 Å². The quantitative estimate of drug-likeness (QED) is 0.816. The summed E-state index contributed by atoms with van der Waals surface area (Å²) in [6, 6.07) is 5.81. The molecule has 0 aromatic heterocycles. The molecule has 1 aliphatic heterocycles. The zero-order valence-corrected chi connectivity index (χ0v) is 9.41. The number of rotatable bonds is 2. The van der Waals surface area contributed by atoms with Gasteiger partial charge in [0.2, 0.25) is 0 Å². The Kier molecular flexibility index (Phi) is 3.05. The largest absolute Gasteiger partial charge is 0.496 e. The van der Waals surface area contributed by atoms with Gasteiger partial charge in [0.1, 0.15) is 5.75 Å². The molecule has 0 aliphatic carbocycles. The number of hydrogen-bond acceptors (Lipinski definition) is 3. The molecule has 0 spiro atoms. The summed E-state index contributed by atoms with van der Waals surface area (Å²) in [5.41, 5.74) is 0.988. The van der Waals surface area contributed by atoms with Gasteiger partial charge in [-0.25, -0.2) is 0 Å². The van der Waals surface area contributed by atoms with Crippen LogP contribution in [0.3, 0.4) is 0 Å². The third-order valence-corrected chi connectivity index (χ3v) is 2.72. The fourth-order valence-electron chi connectivity index (χ4n) is 1.37. The average Bonchev–Trinajstić information content (AvgIpc) is 2.71. The highest BCUT2D eigenvalue weighted by atomic mass is 79.9. The van der Waals surface area contributed by atoms with E-state index < -0.39 is 0 Å². The van der Waals surface area contributed by atoms with Crippen molar-refractivity contribution >= 4 is 15.9 Å². The van der Waals surface area contributed by atoms with Crippen molar-refractivity contribution in [2.75, 3.05) is 20.3 Å². The summed E-state index contributed by atoms with van der Waals surface area (Å²) in [5.74, 6) is 0.793. The van der Waals surface area contributed by atoms with Crippen LogP contribution in [0.1, 0.15) is 11.9 Å². The number of methoxy groups -OCH3 is 1. The average molecular weight is 259 g/mol. The van der Waals surface area contributed by atoms with Crippen LogP contribution in [0.4, 0.5) is 0 Å². The van der Waals surface area contributed by atoms with E-state index in [9.17, 15) is 0 Å². The van der Waals surface area contributed by atoms with E-state index in [2.05, 4.69) is 15.9 Å². The molecule has 0 unspecified atom stereocenters. The maximum absolute atomic E-state index is 5.39. The van der Waals surface area contributed by atoms with Crippen LogP contribution >= 0.6 is 15.9 Å². The van der Waals surface area contributed by atoms with Crippen LogP contribution in [0.2, 0.25) is 0 Å². The summed E-state index contributed by atoms with van der Waals surface area (Å²) in [7, 11) is 1.64. The number of ether oxygens (including phenoxy) is 3. The van der Waals surface area contributed by atoms with E-state index in [0.717, 1.165) is 15.8 Å². The van der Waals surface area contributed by atoms with Crippen molar-refractivity contribution in [1.29, 1.82) is 0 Å². The van der Waals surface area contributed by atoms with Crippen LogP contribution in [-0.2, 0) is 9.47 Å². The number of benzene rings is 1. The van der Waals surface area contributed by atoms with E-state index >= 15 is 0 Å². The maximum Gasteiger partial charge on any atom is 0.184 e. The van der Waals surface area contributed by atoms with Crippen molar-refractivity contribution < 1.29 is 14.2 Å². The Morgan fingerprint density at radius 2 is 2.07 bits per heavy atom. The summed E-state index contributed by atoms with van der Waals surface area (Å²) >= 11 is 3.39. The number of halogens is 1. The van der Waals surface area contributed by atoms with Crippen molar-refractivity contribution in [3.8, 4) is 5.75 Å². The minimum Gasteiger partial charge on any atom is -0.496 e. The van der Waals surface area contributed by atoms with E-state index in [0.29, 0.717) is 13.2 Å². The van der Waals surface area contributed by atoms with Gasteiger partial charge in [-0.2, -0.15) is 0 Å². The summed E-state index contributed by atoms with van der Waals surface area (Å²) in [6.45, 7) is 1.31. The molecule has 0 bridgehead atoms. The molecule has 3 nitrogen and oxygen atoms in total. The standard InChI is InChI=1S/C10H11BrO3/c1-12-9-6-7(2-3-8(9)11)10-13-4-5-14-10/h2-3,6,10H,4-5H2,1H3. The molecular weight excluding hydrogens is 248 g/mol. The Hall–Kier alpha value is -0.580. The Labute approximate surface area is 91.1 Å². The van der Waals surface area contributed by atoms with E-state index in [-0.39, 0.29) is 6.29 Å². The fraction of sp³-hybridized carbons (Fsp3) is 0.400.